The molecule has 2 aromatic carbocycles. The molecule has 0 aliphatic carbocycles. The second-order valence-corrected chi connectivity index (χ2v) is 11.1. The molecule has 0 unspecified atom stereocenters. The number of carbonyl (C=O) groups excluding carboxylic acids is 1. The number of benzene rings is 2. The van der Waals surface area contributed by atoms with Crippen molar-refractivity contribution in [3.8, 4) is 5.75 Å². The summed E-state index contributed by atoms with van der Waals surface area (Å²) >= 11 is 8.15. The van der Waals surface area contributed by atoms with Gasteiger partial charge in [-0.3, -0.25) is 18.9 Å². The van der Waals surface area contributed by atoms with Crippen molar-refractivity contribution in [2.45, 2.75) is 23.3 Å². The standard InChI is InChI=1S/C28H23N3O3S3/c1-18-7-6-15-30-24(18)29-25(36-21-8-4-3-5-9-21)22(26(30)32)17-23-27(33)31(28(35)37-23)16-14-19-10-12-20(34-2)13-11-19/h3-13,15,17H,14,16H2,1-2H3/b23-17+. The predicted molar refractivity (Wildman–Crippen MR) is 153 cm³/mol. The number of thiocarbonyl (C=S) groups is 1. The first-order chi connectivity index (χ1) is 17.9. The molecule has 6 nitrogen and oxygen atoms in total. The van der Waals surface area contributed by atoms with Crippen LogP contribution in [-0.4, -0.2) is 38.2 Å². The van der Waals surface area contributed by atoms with Crippen LogP contribution in [0.5, 0.6) is 5.75 Å². The van der Waals surface area contributed by atoms with Crippen LogP contribution in [0.2, 0.25) is 0 Å². The summed E-state index contributed by atoms with van der Waals surface area (Å²) in [5.74, 6) is 0.583. The number of fused-ring (bicyclic) bond motifs is 1. The Hall–Kier alpha value is -3.40. The number of aryl methyl sites for hydroxylation is 1. The lowest BCUT2D eigenvalue weighted by Crippen LogP contribution is -2.30. The molecular formula is C28H23N3O3S3. The number of hydrogen-bond acceptors (Lipinski definition) is 7. The van der Waals surface area contributed by atoms with Crippen LogP contribution in [0.4, 0.5) is 0 Å². The van der Waals surface area contributed by atoms with E-state index in [0.29, 0.717) is 38.4 Å². The fourth-order valence-corrected chi connectivity index (χ4v) is 6.15. The zero-order valence-corrected chi connectivity index (χ0v) is 22.7. The third kappa shape index (κ3) is 5.34. The number of aromatic nitrogens is 2. The first-order valence-electron chi connectivity index (χ1n) is 11.6. The lowest BCUT2D eigenvalue weighted by Gasteiger charge is -2.14. The molecule has 9 heteroatoms. The Morgan fingerprint density at radius 3 is 2.54 bits per heavy atom. The number of nitrogens with zero attached hydrogens (tertiary/aromatic N) is 3. The first kappa shape index (κ1) is 25.3. The summed E-state index contributed by atoms with van der Waals surface area (Å²) in [4.78, 5) is 34.7. The van der Waals surface area contributed by atoms with E-state index in [9.17, 15) is 9.59 Å². The number of carbonyl (C=O) groups is 1. The van der Waals surface area contributed by atoms with Crippen molar-refractivity contribution in [2.24, 2.45) is 0 Å². The zero-order valence-electron chi connectivity index (χ0n) is 20.2. The topological polar surface area (TPSA) is 63.9 Å². The predicted octanol–water partition coefficient (Wildman–Crippen LogP) is 5.61. The van der Waals surface area contributed by atoms with Gasteiger partial charge in [-0.15, -0.1) is 0 Å². The van der Waals surface area contributed by atoms with E-state index in [0.717, 1.165) is 21.8 Å². The third-order valence-corrected chi connectivity index (χ3v) is 8.33. The van der Waals surface area contributed by atoms with Gasteiger partial charge in [-0.05, 0) is 60.9 Å². The molecule has 0 atom stereocenters. The van der Waals surface area contributed by atoms with Crippen LogP contribution in [0.1, 0.15) is 16.7 Å². The van der Waals surface area contributed by atoms with Gasteiger partial charge in [0.1, 0.15) is 20.7 Å². The number of amides is 1. The second kappa shape index (κ2) is 10.9. The Morgan fingerprint density at radius 1 is 1.05 bits per heavy atom. The molecule has 0 spiro atoms. The van der Waals surface area contributed by atoms with Crippen LogP contribution < -0.4 is 10.3 Å². The van der Waals surface area contributed by atoms with Crippen molar-refractivity contribution in [1.29, 1.82) is 0 Å². The zero-order chi connectivity index (χ0) is 25.9. The molecule has 0 bridgehead atoms. The van der Waals surface area contributed by atoms with Crippen LogP contribution in [0.3, 0.4) is 0 Å². The minimum Gasteiger partial charge on any atom is -0.497 e. The summed E-state index contributed by atoms with van der Waals surface area (Å²) in [6.07, 6.45) is 3.99. The molecule has 5 rings (SSSR count). The van der Waals surface area contributed by atoms with E-state index in [4.69, 9.17) is 21.9 Å². The average molecular weight is 546 g/mol. The van der Waals surface area contributed by atoms with E-state index in [2.05, 4.69) is 0 Å². The summed E-state index contributed by atoms with van der Waals surface area (Å²) in [7, 11) is 1.63. The van der Waals surface area contributed by atoms with Gasteiger partial charge in [0.25, 0.3) is 11.5 Å². The minimum absolute atomic E-state index is 0.201. The fraction of sp³-hybridized carbons (Fsp3) is 0.143. The largest absolute Gasteiger partial charge is 0.497 e. The Balaban J connectivity index is 1.48. The van der Waals surface area contributed by atoms with E-state index < -0.39 is 0 Å². The van der Waals surface area contributed by atoms with E-state index in [1.165, 1.54) is 27.9 Å². The lowest BCUT2D eigenvalue weighted by atomic mass is 10.1. The van der Waals surface area contributed by atoms with Crippen LogP contribution in [0.25, 0.3) is 11.7 Å². The summed E-state index contributed by atoms with van der Waals surface area (Å²) in [6.45, 7) is 2.38. The first-order valence-corrected chi connectivity index (χ1v) is 13.6. The number of hydrogen-bond donors (Lipinski definition) is 0. The van der Waals surface area contributed by atoms with Crippen molar-refractivity contribution >= 4 is 57.7 Å². The van der Waals surface area contributed by atoms with Gasteiger partial charge < -0.3 is 4.74 Å². The molecule has 1 saturated heterocycles. The molecule has 2 aromatic heterocycles. The van der Waals surface area contributed by atoms with Crippen molar-refractivity contribution in [1.82, 2.24) is 14.3 Å². The van der Waals surface area contributed by atoms with Gasteiger partial charge in [-0.25, -0.2) is 4.98 Å². The second-order valence-electron chi connectivity index (χ2n) is 8.37. The molecule has 0 saturated carbocycles. The van der Waals surface area contributed by atoms with Crippen molar-refractivity contribution in [2.75, 3.05) is 13.7 Å². The Bertz CT molecular complexity index is 1580. The number of methoxy groups -OCH3 is 1. The maximum atomic E-state index is 13.6. The Kier molecular flexibility index (Phi) is 7.45. The maximum Gasteiger partial charge on any atom is 0.266 e. The molecule has 0 N–H and O–H groups in total. The van der Waals surface area contributed by atoms with Crippen molar-refractivity contribution < 1.29 is 9.53 Å². The lowest BCUT2D eigenvalue weighted by molar-refractivity contribution is -0.122. The van der Waals surface area contributed by atoms with Gasteiger partial charge in [0.15, 0.2) is 0 Å². The molecule has 1 amide bonds. The smallest absolute Gasteiger partial charge is 0.266 e. The van der Waals surface area contributed by atoms with E-state index in [1.807, 2.05) is 73.7 Å². The Morgan fingerprint density at radius 2 is 1.81 bits per heavy atom. The van der Waals surface area contributed by atoms with Gasteiger partial charge in [-0.1, -0.05) is 72.1 Å². The molecule has 0 radical (unpaired) electrons. The minimum atomic E-state index is -0.226. The van der Waals surface area contributed by atoms with Gasteiger partial charge >= 0.3 is 0 Å². The highest BCUT2D eigenvalue weighted by Gasteiger charge is 2.32. The van der Waals surface area contributed by atoms with Gasteiger partial charge in [0.2, 0.25) is 0 Å². The van der Waals surface area contributed by atoms with Crippen LogP contribution in [0, 0.1) is 6.92 Å². The number of ether oxygens (including phenoxy) is 1. The molecule has 1 aliphatic heterocycles. The quantitative estimate of drug-likeness (QED) is 0.170. The Labute approximate surface area is 228 Å². The van der Waals surface area contributed by atoms with Crippen LogP contribution >= 0.6 is 35.7 Å². The van der Waals surface area contributed by atoms with E-state index in [1.54, 1.807) is 24.3 Å². The van der Waals surface area contributed by atoms with Crippen molar-refractivity contribution in [3.63, 3.8) is 0 Å². The van der Waals surface area contributed by atoms with Gasteiger partial charge in [0, 0.05) is 17.6 Å². The number of thioether (sulfide) groups is 1. The monoisotopic (exact) mass is 545 g/mol. The summed E-state index contributed by atoms with van der Waals surface area (Å²) in [5.41, 5.74) is 2.71. The summed E-state index contributed by atoms with van der Waals surface area (Å²) in [5, 5.41) is 0.550. The van der Waals surface area contributed by atoms with E-state index in [-0.39, 0.29) is 11.5 Å². The molecule has 1 fully saturated rings. The highest BCUT2D eigenvalue weighted by atomic mass is 32.2. The molecular weight excluding hydrogens is 523 g/mol. The van der Waals surface area contributed by atoms with E-state index >= 15 is 0 Å². The average Bonchev–Trinajstić information content (AvgIpc) is 3.18. The highest BCUT2D eigenvalue weighted by molar-refractivity contribution is 8.26. The third-order valence-electron chi connectivity index (χ3n) is 5.94. The highest BCUT2D eigenvalue weighted by Crippen LogP contribution is 2.35. The molecule has 186 valence electrons. The molecule has 1 aliphatic rings. The van der Waals surface area contributed by atoms with Gasteiger partial charge in [0.05, 0.1) is 17.6 Å². The number of rotatable bonds is 7. The van der Waals surface area contributed by atoms with Crippen LogP contribution in [0.15, 0.2) is 92.5 Å². The molecule has 3 heterocycles. The number of pyridine rings is 1. The fourth-order valence-electron chi connectivity index (χ4n) is 3.95. The summed E-state index contributed by atoms with van der Waals surface area (Å²) < 4.78 is 7.22. The van der Waals surface area contributed by atoms with Gasteiger partial charge in [-0.2, -0.15) is 0 Å². The SMILES string of the molecule is COc1ccc(CCN2C(=O)/C(=C\c3c(Sc4ccccc4)nc4c(C)cccn4c3=O)SC2=S)cc1. The molecule has 4 aromatic rings. The summed E-state index contributed by atoms with van der Waals surface area (Å²) in [6, 6.07) is 21.2. The van der Waals surface area contributed by atoms with Crippen LogP contribution in [-0.2, 0) is 11.2 Å². The van der Waals surface area contributed by atoms with Crippen molar-refractivity contribution in [3.05, 3.63) is 105 Å². The molecule has 37 heavy (non-hydrogen) atoms. The normalized spacial score (nSPS) is 14.6. The maximum absolute atomic E-state index is 13.6.